The first-order valence-electron chi connectivity index (χ1n) is 6.12. The van der Waals surface area contributed by atoms with Crippen LogP contribution in [0.1, 0.15) is 19.8 Å². The Balaban J connectivity index is 2.31. The van der Waals surface area contributed by atoms with Crippen LogP contribution in [0.2, 0.25) is 0 Å². The van der Waals surface area contributed by atoms with Gasteiger partial charge in [0.05, 0.1) is 38.1 Å². The Labute approximate surface area is 111 Å². The molecule has 0 spiro atoms. The van der Waals surface area contributed by atoms with Crippen molar-refractivity contribution < 1.29 is 19.1 Å². The summed E-state index contributed by atoms with van der Waals surface area (Å²) < 4.78 is 11.3. The average Bonchev–Trinajstić information content (AvgIpc) is 2.82. The Bertz CT molecular complexity index is 417. The Kier molecular flexibility index (Phi) is 6.59. The molecule has 0 unspecified atom stereocenters. The summed E-state index contributed by atoms with van der Waals surface area (Å²) in [6.07, 6.45) is 3.44. The zero-order chi connectivity index (χ0) is 14.1. The molecule has 0 bridgehead atoms. The smallest absolute Gasteiger partial charge is 0.306 e. The zero-order valence-electron chi connectivity index (χ0n) is 11.2. The van der Waals surface area contributed by atoms with E-state index in [2.05, 4.69) is 10.4 Å². The van der Waals surface area contributed by atoms with E-state index in [1.165, 1.54) is 0 Å². The van der Waals surface area contributed by atoms with Crippen LogP contribution in [0.3, 0.4) is 0 Å². The largest absolute Gasteiger partial charge is 0.466 e. The highest BCUT2D eigenvalue weighted by Crippen LogP contribution is 2.06. The van der Waals surface area contributed by atoms with Gasteiger partial charge in [-0.2, -0.15) is 5.10 Å². The molecule has 1 heterocycles. The molecular formula is C12H19N3O4. The van der Waals surface area contributed by atoms with E-state index in [1.54, 1.807) is 31.1 Å². The van der Waals surface area contributed by atoms with Crippen LogP contribution in [-0.4, -0.2) is 42.0 Å². The first-order valence-corrected chi connectivity index (χ1v) is 6.12. The third kappa shape index (κ3) is 6.01. The van der Waals surface area contributed by atoms with Gasteiger partial charge >= 0.3 is 5.97 Å². The average molecular weight is 269 g/mol. The van der Waals surface area contributed by atoms with Crippen molar-refractivity contribution in [3.8, 4) is 0 Å². The number of anilines is 1. The molecular weight excluding hydrogens is 250 g/mol. The van der Waals surface area contributed by atoms with Crippen LogP contribution < -0.4 is 5.32 Å². The lowest BCUT2D eigenvalue weighted by atomic mass is 10.3. The van der Waals surface area contributed by atoms with Gasteiger partial charge in [-0.1, -0.05) is 0 Å². The summed E-state index contributed by atoms with van der Waals surface area (Å²) in [6, 6.07) is 0. The van der Waals surface area contributed by atoms with E-state index in [4.69, 9.17) is 9.47 Å². The molecule has 7 nitrogen and oxygen atoms in total. The van der Waals surface area contributed by atoms with Gasteiger partial charge in [0.1, 0.15) is 0 Å². The molecule has 1 N–H and O–H groups in total. The highest BCUT2D eigenvalue weighted by Gasteiger charge is 2.08. The van der Waals surface area contributed by atoms with Crippen LogP contribution in [0.25, 0.3) is 0 Å². The number of nitrogens with one attached hydrogen (secondary N) is 1. The van der Waals surface area contributed by atoms with Crippen LogP contribution >= 0.6 is 0 Å². The quantitative estimate of drug-likeness (QED) is 0.706. The molecule has 1 rings (SSSR count). The van der Waals surface area contributed by atoms with Gasteiger partial charge in [0.25, 0.3) is 0 Å². The molecule has 1 aromatic rings. The number of carbonyl (C=O) groups excluding carboxylic acids is 2. The van der Waals surface area contributed by atoms with Gasteiger partial charge in [-0.25, -0.2) is 0 Å². The van der Waals surface area contributed by atoms with Crippen molar-refractivity contribution in [3.63, 3.8) is 0 Å². The van der Waals surface area contributed by atoms with E-state index in [1.807, 2.05) is 0 Å². The normalized spacial score (nSPS) is 10.2. The summed E-state index contributed by atoms with van der Waals surface area (Å²) in [5.74, 6) is -0.604. The number of carbonyl (C=O) groups is 2. The first-order chi connectivity index (χ1) is 9.15. The Hall–Kier alpha value is -1.89. The summed E-state index contributed by atoms with van der Waals surface area (Å²) in [5, 5.41) is 6.73. The van der Waals surface area contributed by atoms with Gasteiger partial charge in [-0.15, -0.1) is 0 Å². The molecule has 1 amide bonds. The fourth-order valence-corrected chi connectivity index (χ4v) is 1.41. The van der Waals surface area contributed by atoms with Crippen molar-refractivity contribution in [1.29, 1.82) is 0 Å². The molecule has 19 heavy (non-hydrogen) atoms. The van der Waals surface area contributed by atoms with Crippen LogP contribution in [0, 0.1) is 0 Å². The number of ether oxygens (including phenoxy) is 2. The molecule has 0 aliphatic rings. The zero-order valence-corrected chi connectivity index (χ0v) is 11.2. The van der Waals surface area contributed by atoms with Crippen molar-refractivity contribution in [2.75, 3.05) is 25.6 Å². The first kappa shape index (κ1) is 15.2. The van der Waals surface area contributed by atoms with E-state index >= 15 is 0 Å². The molecule has 0 radical (unpaired) electrons. The number of esters is 1. The van der Waals surface area contributed by atoms with Crippen molar-refractivity contribution in [1.82, 2.24) is 9.78 Å². The molecule has 0 aromatic carbocycles. The van der Waals surface area contributed by atoms with Crippen molar-refractivity contribution in [3.05, 3.63) is 12.4 Å². The second-order valence-electron chi connectivity index (χ2n) is 3.84. The number of aromatic nitrogens is 2. The number of amides is 1. The number of methoxy groups -OCH3 is 1. The van der Waals surface area contributed by atoms with Gasteiger partial charge in [-0.3, -0.25) is 14.3 Å². The molecule has 0 atom stereocenters. The standard InChI is InChI=1S/C12H19N3O4/c1-3-19-12(17)5-4-11(16)14-10-8-13-15(9-10)6-7-18-2/h8-9H,3-7H2,1-2H3,(H,14,16). The predicted molar refractivity (Wildman–Crippen MR) is 68.6 cm³/mol. The summed E-state index contributed by atoms with van der Waals surface area (Å²) in [5.41, 5.74) is 0.602. The second kappa shape index (κ2) is 8.25. The van der Waals surface area contributed by atoms with Crippen molar-refractivity contribution >= 4 is 17.6 Å². The second-order valence-corrected chi connectivity index (χ2v) is 3.84. The maximum absolute atomic E-state index is 11.6. The fraction of sp³-hybridized carbons (Fsp3) is 0.583. The monoisotopic (exact) mass is 269 g/mol. The molecule has 0 saturated heterocycles. The molecule has 0 aliphatic carbocycles. The summed E-state index contributed by atoms with van der Waals surface area (Å²) in [6.45, 7) is 3.23. The molecule has 1 aromatic heterocycles. The minimum Gasteiger partial charge on any atom is -0.466 e. The molecule has 0 aliphatic heterocycles. The van der Waals surface area contributed by atoms with Gasteiger partial charge < -0.3 is 14.8 Å². The lowest BCUT2D eigenvalue weighted by Gasteiger charge is -2.02. The Morgan fingerprint density at radius 1 is 1.42 bits per heavy atom. The maximum Gasteiger partial charge on any atom is 0.306 e. The lowest BCUT2D eigenvalue weighted by molar-refractivity contribution is -0.144. The number of hydrogen-bond donors (Lipinski definition) is 1. The fourth-order valence-electron chi connectivity index (χ4n) is 1.41. The minimum atomic E-state index is -0.367. The highest BCUT2D eigenvalue weighted by molar-refractivity contribution is 5.92. The lowest BCUT2D eigenvalue weighted by Crippen LogP contribution is -2.14. The molecule has 0 saturated carbocycles. The number of hydrogen-bond acceptors (Lipinski definition) is 5. The topological polar surface area (TPSA) is 82.5 Å². The van der Waals surface area contributed by atoms with E-state index in [9.17, 15) is 9.59 Å². The molecule has 7 heteroatoms. The van der Waals surface area contributed by atoms with Gasteiger partial charge in [0.15, 0.2) is 0 Å². The van der Waals surface area contributed by atoms with Crippen molar-refractivity contribution in [2.45, 2.75) is 26.3 Å². The van der Waals surface area contributed by atoms with Crippen LogP contribution in [0.5, 0.6) is 0 Å². The summed E-state index contributed by atoms with van der Waals surface area (Å²) in [7, 11) is 1.61. The van der Waals surface area contributed by atoms with E-state index in [0.29, 0.717) is 25.4 Å². The van der Waals surface area contributed by atoms with Crippen LogP contribution in [-0.2, 0) is 25.6 Å². The maximum atomic E-state index is 11.6. The van der Waals surface area contributed by atoms with Gasteiger partial charge in [0, 0.05) is 19.7 Å². The number of nitrogens with zero attached hydrogens (tertiary/aromatic N) is 2. The highest BCUT2D eigenvalue weighted by atomic mass is 16.5. The number of rotatable bonds is 8. The molecule has 106 valence electrons. The molecule has 0 fully saturated rings. The Morgan fingerprint density at radius 3 is 2.89 bits per heavy atom. The SMILES string of the molecule is CCOC(=O)CCC(=O)Nc1cnn(CCOC)c1. The van der Waals surface area contributed by atoms with E-state index in [0.717, 1.165) is 0 Å². The van der Waals surface area contributed by atoms with Crippen LogP contribution in [0.4, 0.5) is 5.69 Å². The predicted octanol–water partition coefficient (Wildman–Crippen LogP) is 0.811. The third-order valence-electron chi connectivity index (χ3n) is 2.30. The van der Waals surface area contributed by atoms with E-state index < -0.39 is 0 Å². The summed E-state index contributed by atoms with van der Waals surface area (Å²) >= 11 is 0. The van der Waals surface area contributed by atoms with Crippen LogP contribution in [0.15, 0.2) is 12.4 Å². The van der Waals surface area contributed by atoms with E-state index in [-0.39, 0.29) is 24.7 Å². The third-order valence-corrected chi connectivity index (χ3v) is 2.30. The van der Waals surface area contributed by atoms with Crippen molar-refractivity contribution in [2.24, 2.45) is 0 Å². The summed E-state index contributed by atoms with van der Waals surface area (Å²) in [4.78, 5) is 22.7. The minimum absolute atomic E-state index is 0.0808. The Morgan fingerprint density at radius 2 is 2.21 bits per heavy atom. The van der Waals surface area contributed by atoms with Gasteiger partial charge in [0.2, 0.25) is 5.91 Å². The van der Waals surface area contributed by atoms with Gasteiger partial charge in [-0.05, 0) is 6.92 Å².